The molecule has 0 amide bonds. The van der Waals surface area contributed by atoms with Crippen LogP contribution >= 0.6 is 22.6 Å². The minimum Gasteiger partial charge on any atom is -0.380 e. The Kier molecular flexibility index (Phi) is 15.3. The average molecular weight is 1030 g/mol. The largest absolute Gasteiger partial charge is 0.380 e. The zero-order chi connectivity index (χ0) is 48.1. The Morgan fingerprint density at radius 2 is 1.09 bits per heavy atom. The quantitative estimate of drug-likeness (QED) is 0.189. The lowest BCUT2D eigenvalue weighted by atomic mass is 9.63. The molecule has 360 valence electrons. The van der Waals surface area contributed by atoms with Crippen molar-refractivity contribution in [2.75, 3.05) is 56.8 Å². The molecule has 3 aliphatic carbocycles. The number of carbonyl (C=O) groups excluding carboxylic acids is 2. The van der Waals surface area contributed by atoms with Crippen LogP contribution in [-0.2, 0) is 23.7 Å². The summed E-state index contributed by atoms with van der Waals surface area (Å²) in [5, 5.41) is 25.7. The monoisotopic (exact) mass is 1030 g/mol. The number of nitrogens with one attached hydrogen (secondary N) is 2. The van der Waals surface area contributed by atoms with Crippen molar-refractivity contribution in [2.45, 2.75) is 154 Å². The SMILES string of the molecule is C.CCc1cc2c(cc1I)C(C)(C)C1Nc3cc(C#N)ccc3C1C2=O.CCc1cc2c(cc1N1CCC(N(C)C)CC1)C(C)(C)C1Nc3cc(C#N)ccc3C1C2=O.CN(C)C1CCCCC1. The summed E-state index contributed by atoms with van der Waals surface area (Å²) in [5.74, 6) is 0.0101. The molecule has 2 N–H and O–H groups in total. The predicted octanol–water partition coefficient (Wildman–Crippen LogP) is 12.0. The Labute approximate surface area is 421 Å². The first-order valence-electron chi connectivity index (χ1n) is 24.7. The summed E-state index contributed by atoms with van der Waals surface area (Å²) >= 11 is 2.37. The van der Waals surface area contributed by atoms with Crippen LogP contribution < -0.4 is 15.5 Å². The molecule has 1 saturated carbocycles. The van der Waals surface area contributed by atoms with Crippen molar-refractivity contribution in [3.63, 3.8) is 0 Å². The third kappa shape index (κ3) is 9.22. The second kappa shape index (κ2) is 20.3. The molecule has 68 heavy (non-hydrogen) atoms. The van der Waals surface area contributed by atoms with Gasteiger partial charge in [0.1, 0.15) is 0 Å². The number of nitrogens with zero attached hydrogens (tertiary/aromatic N) is 5. The summed E-state index contributed by atoms with van der Waals surface area (Å²) in [6.07, 6.45) is 11.4. The predicted molar refractivity (Wildman–Crippen MR) is 288 cm³/mol. The molecule has 10 heteroatoms. The summed E-state index contributed by atoms with van der Waals surface area (Å²) in [6.45, 7) is 15.4. The van der Waals surface area contributed by atoms with Gasteiger partial charge in [-0.05, 0) is 171 Å². The maximum atomic E-state index is 13.9. The van der Waals surface area contributed by atoms with Crippen molar-refractivity contribution in [2.24, 2.45) is 0 Å². The molecule has 3 aliphatic heterocycles. The number of carbonyl (C=O) groups is 2. The number of nitriles is 2. The third-order valence-corrected chi connectivity index (χ3v) is 17.4. The first kappa shape index (κ1) is 51.1. The van der Waals surface area contributed by atoms with Crippen molar-refractivity contribution in [3.8, 4) is 12.1 Å². The van der Waals surface area contributed by atoms with Gasteiger partial charge in [0.25, 0.3) is 0 Å². The van der Waals surface area contributed by atoms with Crippen LogP contribution in [0.15, 0.2) is 60.7 Å². The molecule has 4 unspecified atom stereocenters. The molecular weight excluding hydrogens is 954 g/mol. The topological polar surface area (TPSA) is 115 Å². The summed E-state index contributed by atoms with van der Waals surface area (Å²) in [4.78, 5) is 34.5. The number of piperidine rings is 1. The second-order valence-electron chi connectivity index (χ2n) is 21.4. The van der Waals surface area contributed by atoms with E-state index in [4.69, 9.17) is 5.26 Å². The molecule has 4 atom stereocenters. The summed E-state index contributed by atoms with van der Waals surface area (Å²) < 4.78 is 1.22. The van der Waals surface area contributed by atoms with Gasteiger partial charge in [0, 0.05) is 79.8 Å². The highest BCUT2D eigenvalue weighted by Gasteiger charge is 2.53. The van der Waals surface area contributed by atoms with E-state index in [1.165, 1.54) is 65.3 Å². The minimum atomic E-state index is -0.220. The highest BCUT2D eigenvalue weighted by Crippen LogP contribution is 2.53. The van der Waals surface area contributed by atoms with Crippen LogP contribution in [0.1, 0.15) is 171 Å². The Morgan fingerprint density at radius 1 is 0.647 bits per heavy atom. The van der Waals surface area contributed by atoms with Gasteiger partial charge < -0.3 is 25.3 Å². The standard InChI is InChI=1S/C28H34N4O.C21H19IN2O.C8H17N.CH4/c1-6-18-14-21-22(15-24(18)32-11-9-19(10-12-32)31(4)5)28(2,3)27-25(26(21)33)20-8-7-17(16-29)13-23(20)30-27;1-4-12-8-14-15(9-16(12)22)21(2,3)20-18(19(14)25)13-6-5-11(10-23)7-17(13)24-20;1-9(2)8-6-4-3-5-7-8;/h7-8,13-15,19,25,27,30H,6,9-12H2,1-5H3;5-9,18,20,24H,4H2,1-3H3;8H,3-7H2,1-2H3;1H4. The lowest BCUT2D eigenvalue weighted by Crippen LogP contribution is -2.48. The number of anilines is 3. The summed E-state index contributed by atoms with van der Waals surface area (Å²) in [5.41, 5.74) is 12.6. The van der Waals surface area contributed by atoms with Gasteiger partial charge in [-0.3, -0.25) is 9.59 Å². The van der Waals surface area contributed by atoms with Crippen LogP contribution in [0.4, 0.5) is 17.1 Å². The molecule has 10 rings (SSSR count). The van der Waals surface area contributed by atoms with Crippen molar-refractivity contribution in [1.82, 2.24) is 9.80 Å². The fraction of sp³-hybridized carbons (Fsp3) is 0.517. The molecule has 9 nitrogen and oxygen atoms in total. The van der Waals surface area contributed by atoms with Crippen LogP contribution in [0.5, 0.6) is 0 Å². The van der Waals surface area contributed by atoms with Gasteiger partial charge in [0.2, 0.25) is 0 Å². The zero-order valence-corrected chi connectivity index (χ0v) is 43.6. The summed E-state index contributed by atoms with van der Waals surface area (Å²) in [6, 6.07) is 26.0. The van der Waals surface area contributed by atoms with Crippen LogP contribution in [0.2, 0.25) is 0 Å². The Morgan fingerprint density at radius 3 is 1.51 bits per heavy atom. The first-order valence-corrected chi connectivity index (χ1v) is 25.8. The molecule has 0 spiro atoms. The molecule has 0 radical (unpaired) electrons. The van der Waals surface area contributed by atoms with Crippen molar-refractivity contribution < 1.29 is 9.59 Å². The highest BCUT2D eigenvalue weighted by molar-refractivity contribution is 14.1. The van der Waals surface area contributed by atoms with Crippen LogP contribution in [0.3, 0.4) is 0 Å². The van der Waals surface area contributed by atoms with Gasteiger partial charge >= 0.3 is 0 Å². The fourth-order valence-electron chi connectivity index (χ4n) is 12.1. The Balaban J connectivity index is 0.000000172. The van der Waals surface area contributed by atoms with Gasteiger partial charge in [-0.2, -0.15) is 10.5 Å². The molecular formula is C58H74IN7O2. The van der Waals surface area contributed by atoms with Crippen LogP contribution in [-0.4, -0.2) is 86.8 Å². The van der Waals surface area contributed by atoms with Gasteiger partial charge in [0.15, 0.2) is 11.6 Å². The molecule has 4 aromatic carbocycles. The molecule has 0 bridgehead atoms. The normalized spacial score (nSPS) is 22.7. The van der Waals surface area contributed by atoms with E-state index >= 15 is 0 Å². The molecule has 1 saturated heterocycles. The summed E-state index contributed by atoms with van der Waals surface area (Å²) in [7, 11) is 8.73. The van der Waals surface area contributed by atoms with Gasteiger partial charge in [0.05, 0.1) is 35.1 Å². The second-order valence-corrected chi connectivity index (χ2v) is 22.5. The maximum Gasteiger partial charge on any atom is 0.172 e. The lowest BCUT2D eigenvalue weighted by Gasteiger charge is -2.43. The number of hydrogen-bond acceptors (Lipinski definition) is 9. The number of ketones is 2. The molecule has 4 aromatic rings. The average Bonchev–Trinajstić information content (AvgIpc) is 3.93. The first-order chi connectivity index (χ1) is 31.9. The highest BCUT2D eigenvalue weighted by atomic mass is 127. The minimum absolute atomic E-state index is 0. The number of aryl methyl sites for hydroxylation is 2. The number of hydrogen-bond donors (Lipinski definition) is 2. The van der Waals surface area contributed by atoms with E-state index in [0.29, 0.717) is 17.2 Å². The maximum absolute atomic E-state index is 13.9. The fourth-order valence-corrected chi connectivity index (χ4v) is 13.0. The van der Waals surface area contributed by atoms with Crippen molar-refractivity contribution in [3.05, 3.63) is 120 Å². The molecule has 3 heterocycles. The smallest absolute Gasteiger partial charge is 0.172 e. The van der Waals surface area contributed by atoms with E-state index in [2.05, 4.69) is 154 Å². The van der Waals surface area contributed by atoms with E-state index in [-0.39, 0.29) is 53.7 Å². The van der Waals surface area contributed by atoms with Gasteiger partial charge in [-0.1, -0.05) is 80.4 Å². The molecule has 6 aliphatic rings. The zero-order valence-electron chi connectivity index (χ0n) is 41.4. The van der Waals surface area contributed by atoms with E-state index in [0.717, 1.165) is 76.7 Å². The number of fused-ring (bicyclic) bond motifs is 8. The number of halogens is 1. The molecule has 2 fully saturated rings. The van der Waals surface area contributed by atoms with E-state index in [1.54, 1.807) is 0 Å². The van der Waals surface area contributed by atoms with Gasteiger partial charge in [-0.15, -0.1) is 0 Å². The number of Topliss-reactive ketones (excluding diaryl/α,β-unsaturated/α-hetero) is 2. The Hall–Kier alpha value is -4.75. The van der Waals surface area contributed by atoms with E-state index in [9.17, 15) is 14.9 Å². The van der Waals surface area contributed by atoms with Crippen LogP contribution in [0.25, 0.3) is 0 Å². The van der Waals surface area contributed by atoms with E-state index in [1.807, 2.05) is 36.4 Å². The van der Waals surface area contributed by atoms with Gasteiger partial charge in [-0.25, -0.2) is 0 Å². The Bertz CT molecular complexity index is 2640. The lowest BCUT2D eigenvalue weighted by molar-refractivity contribution is 0.0914. The van der Waals surface area contributed by atoms with Crippen molar-refractivity contribution in [1.29, 1.82) is 10.5 Å². The van der Waals surface area contributed by atoms with Crippen LogP contribution in [0, 0.1) is 26.2 Å². The molecule has 0 aromatic heterocycles. The van der Waals surface area contributed by atoms with Crippen molar-refractivity contribution >= 4 is 51.2 Å². The third-order valence-electron chi connectivity index (χ3n) is 16.4. The number of benzene rings is 4. The number of rotatable bonds is 5. The van der Waals surface area contributed by atoms with E-state index < -0.39 is 0 Å².